The van der Waals surface area contributed by atoms with Crippen molar-refractivity contribution < 1.29 is 14.4 Å². The van der Waals surface area contributed by atoms with E-state index in [9.17, 15) is 14.4 Å². The van der Waals surface area contributed by atoms with Crippen LogP contribution in [0.2, 0.25) is 0 Å². The predicted molar refractivity (Wildman–Crippen MR) is 84.2 cm³/mol. The maximum absolute atomic E-state index is 12.7. The van der Waals surface area contributed by atoms with Crippen LogP contribution in [-0.2, 0) is 17.4 Å². The minimum absolute atomic E-state index is 0.248. The molecule has 0 spiro atoms. The molecular weight excluding hydrogens is 316 g/mol. The molecule has 120 valence electrons. The molecule has 0 bridgehead atoms. The maximum Gasteiger partial charge on any atom is 0.325 e. The minimum Gasteiger partial charge on any atom is -0.319 e. The number of nitrogens with one attached hydrogen (secondary N) is 1. The zero-order chi connectivity index (χ0) is 16.8. The third-order valence-corrected chi connectivity index (χ3v) is 4.92. The summed E-state index contributed by atoms with van der Waals surface area (Å²) in [6, 6.07) is 2.98. The van der Waals surface area contributed by atoms with Gasteiger partial charge >= 0.3 is 6.03 Å². The van der Waals surface area contributed by atoms with Crippen molar-refractivity contribution in [2.45, 2.75) is 19.4 Å². The molecule has 0 radical (unpaired) electrons. The SMILES string of the molecule is Cc1ccc(C(=O)CN2C(=O)N[C@@](C)(c3cnn(C)c3)C2=O)s1. The summed E-state index contributed by atoms with van der Waals surface area (Å²) in [5.41, 5.74) is -0.614. The molecule has 1 aliphatic rings. The molecule has 1 N–H and O–H groups in total. The first-order valence-corrected chi connectivity index (χ1v) is 7.86. The second-order valence-electron chi connectivity index (χ2n) is 5.68. The molecule has 0 aliphatic carbocycles. The van der Waals surface area contributed by atoms with Gasteiger partial charge in [0.05, 0.1) is 17.6 Å². The Labute approximate surface area is 136 Å². The van der Waals surface area contributed by atoms with Crippen molar-refractivity contribution in [3.63, 3.8) is 0 Å². The van der Waals surface area contributed by atoms with Crippen molar-refractivity contribution >= 4 is 29.1 Å². The number of aryl methyl sites for hydroxylation is 2. The normalized spacial score (nSPS) is 20.9. The highest BCUT2D eigenvalue weighted by Crippen LogP contribution is 2.28. The van der Waals surface area contributed by atoms with E-state index in [-0.39, 0.29) is 12.3 Å². The number of thiophene rings is 1. The number of carbonyl (C=O) groups excluding carboxylic acids is 3. The molecule has 1 fully saturated rings. The third kappa shape index (κ3) is 2.55. The molecule has 3 rings (SSSR count). The predicted octanol–water partition coefficient (Wildman–Crippen LogP) is 1.44. The van der Waals surface area contributed by atoms with Crippen LogP contribution >= 0.6 is 11.3 Å². The monoisotopic (exact) mass is 332 g/mol. The van der Waals surface area contributed by atoms with E-state index in [1.807, 2.05) is 13.0 Å². The number of hydrogen-bond donors (Lipinski definition) is 1. The quantitative estimate of drug-likeness (QED) is 0.678. The van der Waals surface area contributed by atoms with E-state index in [1.165, 1.54) is 17.5 Å². The average Bonchev–Trinajstić information content (AvgIpc) is 3.16. The summed E-state index contributed by atoms with van der Waals surface area (Å²) in [6.45, 7) is 3.25. The van der Waals surface area contributed by atoms with Crippen LogP contribution < -0.4 is 5.32 Å². The van der Waals surface area contributed by atoms with Gasteiger partial charge in [-0.3, -0.25) is 19.2 Å². The lowest BCUT2D eigenvalue weighted by atomic mass is 9.95. The topological polar surface area (TPSA) is 84.3 Å². The molecule has 7 nitrogen and oxygen atoms in total. The van der Waals surface area contributed by atoms with Gasteiger partial charge in [0.1, 0.15) is 5.54 Å². The van der Waals surface area contributed by atoms with E-state index in [1.54, 1.807) is 30.9 Å². The van der Waals surface area contributed by atoms with Crippen molar-refractivity contribution in [2.75, 3.05) is 6.54 Å². The van der Waals surface area contributed by atoms with Crippen molar-refractivity contribution in [1.29, 1.82) is 0 Å². The molecule has 23 heavy (non-hydrogen) atoms. The van der Waals surface area contributed by atoms with Gasteiger partial charge < -0.3 is 5.32 Å². The molecule has 2 aromatic heterocycles. The van der Waals surface area contributed by atoms with E-state index < -0.39 is 17.5 Å². The zero-order valence-corrected chi connectivity index (χ0v) is 13.8. The Kier molecular flexibility index (Phi) is 3.56. The highest BCUT2D eigenvalue weighted by atomic mass is 32.1. The van der Waals surface area contributed by atoms with Crippen LogP contribution in [-0.4, -0.2) is 38.9 Å². The number of amides is 3. The van der Waals surface area contributed by atoms with Gasteiger partial charge in [-0.25, -0.2) is 4.79 Å². The smallest absolute Gasteiger partial charge is 0.319 e. The number of rotatable bonds is 4. The number of aromatic nitrogens is 2. The highest BCUT2D eigenvalue weighted by Gasteiger charge is 2.50. The van der Waals surface area contributed by atoms with Gasteiger partial charge in [-0.2, -0.15) is 5.10 Å². The number of urea groups is 1. The fraction of sp³-hybridized carbons (Fsp3) is 0.333. The van der Waals surface area contributed by atoms with E-state index in [4.69, 9.17) is 0 Å². The van der Waals surface area contributed by atoms with E-state index in [0.717, 1.165) is 9.78 Å². The highest BCUT2D eigenvalue weighted by molar-refractivity contribution is 7.14. The summed E-state index contributed by atoms with van der Waals surface area (Å²) >= 11 is 1.35. The molecule has 0 saturated carbocycles. The van der Waals surface area contributed by atoms with Crippen molar-refractivity contribution in [3.05, 3.63) is 39.8 Å². The second-order valence-corrected chi connectivity index (χ2v) is 6.97. The van der Waals surface area contributed by atoms with Crippen LogP contribution in [0.15, 0.2) is 24.5 Å². The number of carbonyl (C=O) groups is 3. The number of imide groups is 1. The van der Waals surface area contributed by atoms with Crippen molar-refractivity contribution in [2.24, 2.45) is 7.05 Å². The zero-order valence-electron chi connectivity index (χ0n) is 13.0. The first-order valence-electron chi connectivity index (χ1n) is 7.04. The third-order valence-electron chi connectivity index (χ3n) is 3.87. The van der Waals surface area contributed by atoms with E-state index in [2.05, 4.69) is 10.4 Å². The lowest BCUT2D eigenvalue weighted by Crippen LogP contribution is -2.41. The van der Waals surface area contributed by atoms with Crippen LogP contribution in [0.25, 0.3) is 0 Å². The molecule has 8 heteroatoms. The summed E-state index contributed by atoms with van der Waals surface area (Å²) in [4.78, 5) is 39.6. The van der Waals surface area contributed by atoms with Crippen LogP contribution in [0.3, 0.4) is 0 Å². The standard InChI is InChI=1S/C15H16N4O3S/c1-9-4-5-12(23-9)11(20)8-19-13(21)15(2,17-14(19)22)10-6-16-18(3)7-10/h4-7H,8H2,1-3H3,(H,17,22)/t15-/m0/s1. The molecule has 0 aromatic carbocycles. The molecule has 1 atom stereocenters. The fourth-order valence-electron chi connectivity index (χ4n) is 2.52. The van der Waals surface area contributed by atoms with Gasteiger partial charge in [-0.15, -0.1) is 11.3 Å². The van der Waals surface area contributed by atoms with E-state index >= 15 is 0 Å². The average molecular weight is 332 g/mol. The second kappa shape index (κ2) is 5.31. The van der Waals surface area contributed by atoms with E-state index in [0.29, 0.717) is 10.4 Å². The lowest BCUT2D eigenvalue weighted by Gasteiger charge is -2.19. The van der Waals surface area contributed by atoms with Gasteiger partial charge in [0.25, 0.3) is 5.91 Å². The van der Waals surface area contributed by atoms with Crippen LogP contribution in [0, 0.1) is 6.92 Å². The van der Waals surface area contributed by atoms with Crippen LogP contribution in [0.4, 0.5) is 4.79 Å². The molecule has 1 saturated heterocycles. The Bertz CT molecular complexity index is 809. The molecule has 2 aromatic rings. The van der Waals surface area contributed by atoms with Gasteiger partial charge in [-0.1, -0.05) is 0 Å². The first-order chi connectivity index (χ1) is 10.8. The van der Waals surface area contributed by atoms with Crippen LogP contribution in [0.1, 0.15) is 27.0 Å². The Morgan fingerprint density at radius 1 is 1.39 bits per heavy atom. The summed E-state index contributed by atoms with van der Waals surface area (Å²) in [5, 5.41) is 6.69. The summed E-state index contributed by atoms with van der Waals surface area (Å²) in [5.74, 6) is -0.695. The largest absolute Gasteiger partial charge is 0.325 e. The van der Waals surface area contributed by atoms with Crippen LogP contribution in [0.5, 0.6) is 0 Å². The molecule has 1 aliphatic heterocycles. The number of nitrogens with zero attached hydrogens (tertiary/aromatic N) is 3. The summed E-state index contributed by atoms with van der Waals surface area (Å²) in [7, 11) is 1.73. The van der Waals surface area contributed by atoms with Crippen molar-refractivity contribution in [1.82, 2.24) is 20.0 Å². The Hall–Kier alpha value is -2.48. The van der Waals surface area contributed by atoms with Crippen molar-refractivity contribution in [3.8, 4) is 0 Å². The maximum atomic E-state index is 12.7. The molecule has 3 heterocycles. The summed E-state index contributed by atoms with van der Waals surface area (Å²) < 4.78 is 1.56. The van der Waals surface area contributed by atoms with Gasteiger partial charge in [0.2, 0.25) is 0 Å². The first kappa shape index (κ1) is 15.4. The van der Waals surface area contributed by atoms with Gasteiger partial charge in [-0.05, 0) is 26.0 Å². The molecule has 0 unspecified atom stereocenters. The lowest BCUT2D eigenvalue weighted by molar-refractivity contribution is -0.130. The Morgan fingerprint density at radius 3 is 2.70 bits per heavy atom. The number of Topliss-reactive ketones (excluding diaryl/α,β-unsaturated/α-hetero) is 1. The molecular formula is C15H16N4O3S. The number of ketones is 1. The van der Waals surface area contributed by atoms with Gasteiger partial charge in [0, 0.05) is 23.7 Å². The minimum atomic E-state index is -1.20. The number of hydrogen-bond acceptors (Lipinski definition) is 5. The fourth-order valence-corrected chi connectivity index (χ4v) is 3.32. The summed E-state index contributed by atoms with van der Waals surface area (Å²) in [6.07, 6.45) is 3.21. The Balaban J connectivity index is 1.83. The molecule has 3 amide bonds. The van der Waals surface area contributed by atoms with Gasteiger partial charge in [0.15, 0.2) is 5.78 Å². The Morgan fingerprint density at radius 2 is 2.13 bits per heavy atom.